The molecule has 0 atom stereocenters. The highest BCUT2D eigenvalue weighted by Gasteiger charge is 2.19. The summed E-state index contributed by atoms with van der Waals surface area (Å²) in [5.74, 6) is 1.78. The topological polar surface area (TPSA) is 174 Å². The number of piperidine rings is 1. The molecule has 432 valence electrons. The highest BCUT2D eigenvalue weighted by Crippen LogP contribution is 2.29. The molecule has 17 nitrogen and oxygen atoms in total. The number of likely N-dealkylation sites (tertiary alicyclic amines) is 1. The molecular formula is C63H76N16OS3. The van der Waals surface area contributed by atoms with Crippen LogP contribution in [0.15, 0.2) is 108 Å². The average molecular weight is 1170 g/mol. The Bertz CT molecular complexity index is 3310. The predicted molar refractivity (Wildman–Crippen MR) is 340 cm³/mol. The lowest BCUT2D eigenvalue weighted by atomic mass is 10.1. The molecule has 6 aromatic heterocycles. The van der Waals surface area contributed by atoms with Crippen LogP contribution in [0, 0.1) is 41.5 Å². The molecule has 3 saturated heterocycles. The molecule has 9 heterocycles. The van der Waals surface area contributed by atoms with E-state index >= 15 is 0 Å². The normalized spacial score (nSPS) is 15.2. The van der Waals surface area contributed by atoms with Gasteiger partial charge in [0.25, 0.3) is 0 Å². The Hall–Kier alpha value is -7.01. The van der Waals surface area contributed by atoms with Crippen molar-refractivity contribution in [3.8, 4) is 32.1 Å². The Balaban J connectivity index is 0.000000139. The van der Waals surface area contributed by atoms with Gasteiger partial charge in [-0.25, -0.2) is 44.9 Å². The Morgan fingerprint density at radius 1 is 0.398 bits per heavy atom. The molecule has 0 spiro atoms. The average Bonchev–Trinajstić information content (AvgIpc) is 4.50. The number of rotatable bonds is 16. The number of hydrogen-bond donors (Lipinski definition) is 3. The maximum absolute atomic E-state index is 5.41. The van der Waals surface area contributed by atoms with Gasteiger partial charge in [0, 0.05) is 111 Å². The lowest BCUT2D eigenvalue weighted by Crippen LogP contribution is -2.45. The molecule has 0 amide bonds. The van der Waals surface area contributed by atoms with Crippen LogP contribution in [0.25, 0.3) is 32.1 Å². The number of piperazine rings is 1. The number of benzene rings is 3. The number of hydrogen-bond acceptors (Lipinski definition) is 20. The summed E-state index contributed by atoms with van der Waals surface area (Å²) < 4.78 is 5.41. The van der Waals surface area contributed by atoms with E-state index in [-0.39, 0.29) is 0 Å². The van der Waals surface area contributed by atoms with Crippen LogP contribution in [-0.4, -0.2) is 137 Å². The van der Waals surface area contributed by atoms with Crippen LogP contribution >= 0.6 is 34.0 Å². The number of morpholine rings is 1. The molecule has 0 radical (unpaired) electrons. The van der Waals surface area contributed by atoms with Gasteiger partial charge < -0.3 is 25.6 Å². The highest BCUT2D eigenvalue weighted by molar-refractivity contribution is 7.13. The minimum Gasteiger partial charge on any atom is -0.379 e. The second kappa shape index (κ2) is 29.0. The van der Waals surface area contributed by atoms with Crippen LogP contribution in [-0.2, 0) is 24.4 Å². The SMILES string of the molecule is CCN1CCN(Cc2csc(-c3ccnc(Nc4cc(C)cc(C)c4)n3)n2)CC1.Cc1cc(C)cc(Nc2nccc(-c3nc(CN4CCCCC4)cs3)n2)c1.Cc1cc(C)cc(Nc2nccc(-c3nc(CN4CCOCC4)cs3)n2)c1. The molecule has 3 aromatic carbocycles. The van der Waals surface area contributed by atoms with E-state index in [4.69, 9.17) is 19.7 Å². The molecule has 3 N–H and O–H groups in total. The Kier molecular flexibility index (Phi) is 20.7. The van der Waals surface area contributed by atoms with E-state index in [0.717, 1.165) is 145 Å². The second-order valence-electron chi connectivity index (χ2n) is 21.7. The summed E-state index contributed by atoms with van der Waals surface area (Å²) >= 11 is 4.93. The molecule has 0 saturated carbocycles. The van der Waals surface area contributed by atoms with Crippen LogP contribution < -0.4 is 16.0 Å². The van der Waals surface area contributed by atoms with Crippen molar-refractivity contribution in [2.45, 2.75) is 87.4 Å². The fraction of sp³-hybridized carbons (Fsp3) is 0.381. The predicted octanol–water partition coefficient (Wildman–Crippen LogP) is 12.8. The number of aromatic nitrogens is 9. The van der Waals surface area contributed by atoms with Crippen molar-refractivity contribution < 1.29 is 4.74 Å². The van der Waals surface area contributed by atoms with Crippen molar-refractivity contribution in [1.29, 1.82) is 0 Å². The molecule has 83 heavy (non-hydrogen) atoms. The van der Waals surface area contributed by atoms with Gasteiger partial charge in [-0.05, 0) is 162 Å². The maximum atomic E-state index is 5.41. The van der Waals surface area contributed by atoms with Crippen molar-refractivity contribution >= 4 is 68.9 Å². The van der Waals surface area contributed by atoms with E-state index in [9.17, 15) is 0 Å². The first kappa shape index (κ1) is 59.2. The number of anilines is 6. The summed E-state index contributed by atoms with van der Waals surface area (Å²) in [5, 5.41) is 19.2. The van der Waals surface area contributed by atoms with E-state index in [1.165, 1.54) is 65.7 Å². The van der Waals surface area contributed by atoms with Crippen molar-refractivity contribution in [2.24, 2.45) is 0 Å². The van der Waals surface area contributed by atoms with E-state index in [1.807, 2.05) is 18.2 Å². The van der Waals surface area contributed by atoms with Crippen LogP contribution in [0.4, 0.5) is 34.9 Å². The molecule has 0 bridgehead atoms. The molecule has 0 unspecified atom stereocenters. The molecule has 12 rings (SSSR count). The third kappa shape index (κ3) is 17.8. The maximum Gasteiger partial charge on any atom is 0.227 e. The summed E-state index contributed by atoms with van der Waals surface area (Å²) in [5.41, 5.74) is 16.2. The van der Waals surface area contributed by atoms with Crippen molar-refractivity contribution in [1.82, 2.24) is 64.5 Å². The highest BCUT2D eigenvalue weighted by atomic mass is 32.1. The summed E-state index contributed by atoms with van der Waals surface area (Å²) in [6.45, 7) is 29.0. The summed E-state index contributed by atoms with van der Waals surface area (Å²) in [7, 11) is 0. The van der Waals surface area contributed by atoms with E-state index < -0.39 is 0 Å². The van der Waals surface area contributed by atoms with Gasteiger partial charge in [0.05, 0.1) is 30.3 Å². The van der Waals surface area contributed by atoms with Gasteiger partial charge in [-0.1, -0.05) is 31.5 Å². The number of ether oxygens (including phenoxy) is 1. The van der Waals surface area contributed by atoms with Crippen molar-refractivity contribution in [3.63, 3.8) is 0 Å². The number of nitrogens with zero attached hydrogens (tertiary/aromatic N) is 13. The fourth-order valence-corrected chi connectivity index (χ4v) is 12.8. The lowest BCUT2D eigenvalue weighted by molar-refractivity contribution is 0.0337. The molecule has 3 aliphatic heterocycles. The largest absolute Gasteiger partial charge is 0.379 e. The second-order valence-corrected chi connectivity index (χ2v) is 24.2. The number of aryl methyl sites for hydroxylation is 6. The first-order valence-corrected chi connectivity index (χ1v) is 31.4. The number of thiazole rings is 3. The van der Waals surface area contributed by atoms with Crippen LogP contribution in [0.5, 0.6) is 0 Å². The third-order valence-corrected chi connectivity index (χ3v) is 17.1. The third-order valence-electron chi connectivity index (χ3n) is 14.3. The van der Waals surface area contributed by atoms with Gasteiger partial charge in [-0.15, -0.1) is 34.0 Å². The summed E-state index contributed by atoms with van der Waals surface area (Å²) in [6, 6.07) is 24.8. The van der Waals surface area contributed by atoms with E-state index in [2.05, 4.69) is 185 Å². The van der Waals surface area contributed by atoms with Gasteiger partial charge >= 0.3 is 0 Å². The minimum atomic E-state index is 0.586. The first-order chi connectivity index (χ1) is 40.4. The van der Waals surface area contributed by atoms with Crippen LogP contribution in [0.2, 0.25) is 0 Å². The monoisotopic (exact) mass is 1170 g/mol. The smallest absolute Gasteiger partial charge is 0.227 e. The molecular weight excluding hydrogens is 1090 g/mol. The Morgan fingerprint density at radius 3 is 1.07 bits per heavy atom. The minimum absolute atomic E-state index is 0.586. The molecule has 0 aliphatic carbocycles. The van der Waals surface area contributed by atoms with Gasteiger partial charge in [0.2, 0.25) is 17.8 Å². The van der Waals surface area contributed by atoms with Crippen LogP contribution in [0.3, 0.4) is 0 Å². The standard InChI is InChI=1S/C22H28N6S.C21H25N5S.C20H23N5OS/c1-4-27-7-9-28(10-8-27)14-19-15-29-21(24-19)20-5-6-23-22(26-20)25-18-12-16(2)11-17(3)13-18;1-15-10-16(2)12-17(11-15)24-21-22-7-6-19(25-21)20-23-18(14-27-20)13-26-8-4-3-5-9-26;1-14-9-15(2)11-16(10-14)23-20-21-4-3-18(24-20)19-22-17(13-27-19)12-25-5-7-26-8-6-25/h5-6,11-13,15H,4,7-10,14H2,1-3H3,(H,23,25,26);6-7,10-12,14H,3-5,8-9,13H2,1-2H3,(H,22,24,25);3-4,9-11,13H,5-8,12H2,1-2H3,(H,21,23,24). The Morgan fingerprint density at radius 2 is 0.723 bits per heavy atom. The zero-order chi connectivity index (χ0) is 57.5. The van der Waals surface area contributed by atoms with Gasteiger partial charge in [0.15, 0.2) is 0 Å². The number of nitrogens with one attached hydrogen (secondary N) is 3. The number of likely N-dealkylation sites (N-methyl/N-ethyl adjacent to an activating group) is 1. The fourth-order valence-electron chi connectivity index (χ4n) is 10.5. The Labute approximate surface area is 500 Å². The summed E-state index contributed by atoms with van der Waals surface area (Å²) in [4.78, 5) is 51.4. The van der Waals surface area contributed by atoms with Crippen LogP contribution in [0.1, 0.15) is 76.6 Å². The first-order valence-electron chi connectivity index (χ1n) is 28.8. The zero-order valence-electron chi connectivity index (χ0n) is 48.9. The van der Waals surface area contributed by atoms with Crippen molar-refractivity contribution in [2.75, 3.05) is 88.1 Å². The lowest BCUT2D eigenvalue weighted by Gasteiger charge is -2.33. The molecule has 9 aromatic rings. The molecule has 20 heteroatoms. The molecule has 3 aliphatic rings. The van der Waals surface area contributed by atoms with Gasteiger partial charge in [-0.2, -0.15) is 0 Å². The van der Waals surface area contributed by atoms with Gasteiger partial charge in [-0.3, -0.25) is 14.7 Å². The quantitative estimate of drug-likeness (QED) is 0.0832. The van der Waals surface area contributed by atoms with E-state index in [1.54, 1.807) is 52.6 Å². The van der Waals surface area contributed by atoms with Gasteiger partial charge in [0.1, 0.15) is 32.1 Å². The van der Waals surface area contributed by atoms with E-state index in [0.29, 0.717) is 17.8 Å². The zero-order valence-corrected chi connectivity index (χ0v) is 51.3. The summed E-state index contributed by atoms with van der Waals surface area (Å²) in [6.07, 6.45) is 9.32. The van der Waals surface area contributed by atoms with Crippen molar-refractivity contribution in [3.05, 3.63) is 158 Å². The molecule has 3 fully saturated rings.